The van der Waals surface area contributed by atoms with Gasteiger partial charge in [0.25, 0.3) is 0 Å². The third-order valence-corrected chi connectivity index (χ3v) is 4.19. The van der Waals surface area contributed by atoms with Crippen LogP contribution in [0.3, 0.4) is 0 Å². The van der Waals surface area contributed by atoms with Gasteiger partial charge in [-0.1, -0.05) is 18.2 Å². The highest BCUT2D eigenvalue weighted by atomic mass is 32.2. The first kappa shape index (κ1) is 13.6. The second-order valence-electron chi connectivity index (χ2n) is 3.65. The lowest BCUT2D eigenvalue weighted by Crippen LogP contribution is -2.26. The van der Waals surface area contributed by atoms with Gasteiger partial charge >= 0.3 is 0 Å². The molecule has 0 aliphatic rings. The van der Waals surface area contributed by atoms with Crippen molar-refractivity contribution in [1.29, 1.82) is 0 Å². The highest BCUT2D eigenvalue weighted by molar-refractivity contribution is 7.89. The predicted octanol–water partition coefficient (Wildman–Crippen LogP) is 1.70. The third kappa shape index (κ3) is 3.01. The summed E-state index contributed by atoms with van der Waals surface area (Å²) in [4.78, 5) is 11.2. The first-order chi connectivity index (χ1) is 7.89. The van der Waals surface area contributed by atoms with Crippen LogP contribution in [0.25, 0.3) is 0 Å². The summed E-state index contributed by atoms with van der Waals surface area (Å²) < 4.78 is 25.2. The molecule has 5 heteroatoms. The number of ketones is 1. The number of nitrogens with zero attached hydrogens (tertiary/aromatic N) is 1. The van der Waals surface area contributed by atoms with Crippen molar-refractivity contribution >= 4 is 15.8 Å². The molecular weight excluding hydrogens is 238 g/mol. The molecule has 0 aliphatic heterocycles. The van der Waals surface area contributed by atoms with Crippen molar-refractivity contribution in [2.75, 3.05) is 13.6 Å². The van der Waals surface area contributed by atoms with E-state index in [9.17, 15) is 13.2 Å². The number of rotatable bonds is 5. The van der Waals surface area contributed by atoms with Crippen LogP contribution in [0.2, 0.25) is 0 Å². The van der Waals surface area contributed by atoms with E-state index in [1.54, 1.807) is 0 Å². The molecule has 0 saturated heterocycles. The fourth-order valence-electron chi connectivity index (χ4n) is 1.32. The van der Waals surface area contributed by atoms with Gasteiger partial charge < -0.3 is 0 Å². The lowest BCUT2D eigenvalue weighted by Gasteiger charge is -2.15. The number of hydrogen-bond donors (Lipinski definition) is 0. The van der Waals surface area contributed by atoms with E-state index in [1.807, 2.05) is 0 Å². The predicted molar refractivity (Wildman–Crippen MR) is 66.5 cm³/mol. The van der Waals surface area contributed by atoms with E-state index in [-0.39, 0.29) is 17.2 Å². The van der Waals surface area contributed by atoms with Gasteiger partial charge in [0.2, 0.25) is 10.0 Å². The monoisotopic (exact) mass is 253 g/mol. The summed E-state index contributed by atoms with van der Waals surface area (Å²) in [6, 6.07) is 5.89. The maximum absolute atomic E-state index is 12.0. The quantitative estimate of drug-likeness (QED) is 0.593. The van der Waals surface area contributed by atoms with E-state index >= 15 is 0 Å². The Hall–Kier alpha value is -1.46. The number of benzene rings is 1. The minimum Gasteiger partial charge on any atom is -0.295 e. The van der Waals surface area contributed by atoms with E-state index in [0.29, 0.717) is 5.56 Å². The van der Waals surface area contributed by atoms with Crippen LogP contribution < -0.4 is 0 Å². The molecule has 0 heterocycles. The number of sulfonamides is 1. The van der Waals surface area contributed by atoms with Gasteiger partial charge in [-0.2, -0.15) is 4.31 Å². The van der Waals surface area contributed by atoms with Crippen LogP contribution in [-0.4, -0.2) is 32.1 Å². The molecule has 4 nitrogen and oxygen atoms in total. The van der Waals surface area contributed by atoms with Crippen LogP contribution in [0, 0.1) is 0 Å². The Balaban J connectivity index is 3.08. The molecule has 0 spiro atoms. The fraction of sp³-hybridized carbons (Fsp3) is 0.250. The number of carbonyl (C=O) groups excluding carboxylic acids is 1. The minimum atomic E-state index is -3.49. The van der Waals surface area contributed by atoms with Crippen molar-refractivity contribution in [2.45, 2.75) is 11.8 Å². The number of carbonyl (C=O) groups is 1. The summed E-state index contributed by atoms with van der Waals surface area (Å²) in [5, 5.41) is 0. The molecule has 1 aromatic carbocycles. The Morgan fingerprint density at radius 1 is 1.35 bits per heavy atom. The minimum absolute atomic E-state index is 0.0894. The van der Waals surface area contributed by atoms with Gasteiger partial charge in [-0.05, 0) is 19.1 Å². The van der Waals surface area contributed by atoms with Crippen molar-refractivity contribution in [1.82, 2.24) is 4.31 Å². The standard InChI is InChI=1S/C12H15NO3S/c1-4-9-13(3)17(15,16)12-7-5-11(6-8-12)10(2)14/h4-8H,1,9H2,2-3H3. The molecule has 0 fully saturated rings. The Morgan fingerprint density at radius 2 is 1.88 bits per heavy atom. The van der Waals surface area contributed by atoms with Crippen LogP contribution in [0.1, 0.15) is 17.3 Å². The molecule has 92 valence electrons. The van der Waals surface area contributed by atoms with E-state index < -0.39 is 10.0 Å². The zero-order valence-electron chi connectivity index (χ0n) is 9.88. The molecule has 0 amide bonds. The van der Waals surface area contributed by atoms with Crippen LogP contribution in [0.15, 0.2) is 41.8 Å². The highest BCUT2D eigenvalue weighted by Crippen LogP contribution is 2.15. The smallest absolute Gasteiger partial charge is 0.243 e. The van der Waals surface area contributed by atoms with Crippen molar-refractivity contribution in [3.8, 4) is 0 Å². The molecule has 0 unspecified atom stereocenters. The normalized spacial score (nSPS) is 11.5. The third-order valence-electron chi connectivity index (χ3n) is 2.36. The zero-order valence-corrected chi connectivity index (χ0v) is 10.7. The SMILES string of the molecule is C=CCN(C)S(=O)(=O)c1ccc(C(C)=O)cc1. The largest absolute Gasteiger partial charge is 0.295 e. The molecule has 0 radical (unpaired) electrons. The van der Waals surface area contributed by atoms with E-state index in [0.717, 1.165) is 0 Å². The van der Waals surface area contributed by atoms with Gasteiger partial charge in [0.05, 0.1) is 4.90 Å². The summed E-state index contributed by atoms with van der Waals surface area (Å²) in [6.45, 7) is 5.18. The summed E-state index contributed by atoms with van der Waals surface area (Å²) in [5.74, 6) is -0.0894. The molecular formula is C12H15NO3S. The van der Waals surface area contributed by atoms with Gasteiger partial charge in [0, 0.05) is 19.2 Å². The average Bonchev–Trinajstić information content (AvgIpc) is 2.29. The molecule has 0 saturated carbocycles. The van der Waals surface area contributed by atoms with Gasteiger partial charge in [-0.3, -0.25) is 4.79 Å². The van der Waals surface area contributed by atoms with Gasteiger partial charge in [-0.25, -0.2) is 8.42 Å². The van der Waals surface area contributed by atoms with Gasteiger partial charge in [0.1, 0.15) is 0 Å². The highest BCUT2D eigenvalue weighted by Gasteiger charge is 2.19. The summed E-state index contributed by atoms with van der Waals surface area (Å²) in [5.41, 5.74) is 0.496. The Bertz CT molecular complexity index is 517. The van der Waals surface area contributed by atoms with Crippen molar-refractivity contribution in [3.63, 3.8) is 0 Å². The van der Waals surface area contributed by atoms with E-state index in [4.69, 9.17) is 0 Å². The fourth-order valence-corrected chi connectivity index (χ4v) is 2.46. The summed E-state index contributed by atoms with van der Waals surface area (Å²) in [6.07, 6.45) is 1.52. The number of Topliss-reactive ketones (excluding diaryl/α,β-unsaturated/α-hetero) is 1. The van der Waals surface area contributed by atoms with E-state index in [2.05, 4.69) is 6.58 Å². The van der Waals surface area contributed by atoms with Gasteiger partial charge in [0.15, 0.2) is 5.78 Å². The molecule has 17 heavy (non-hydrogen) atoms. The molecule has 0 N–H and O–H groups in total. The van der Waals surface area contributed by atoms with Crippen molar-refractivity contribution in [3.05, 3.63) is 42.5 Å². The Kier molecular flexibility index (Phi) is 4.20. The Labute approximate surface area is 102 Å². The van der Waals surface area contributed by atoms with Gasteiger partial charge in [-0.15, -0.1) is 6.58 Å². The summed E-state index contributed by atoms with van der Waals surface area (Å²) >= 11 is 0. The van der Waals surface area contributed by atoms with Crippen LogP contribution in [-0.2, 0) is 10.0 Å². The molecule has 1 rings (SSSR count). The number of hydrogen-bond acceptors (Lipinski definition) is 3. The Morgan fingerprint density at radius 3 is 2.29 bits per heavy atom. The van der Waals surface area contributed by atoms with E-state index in [1.165, 1.54) is 48.6 Å². The molecule has 1 aromatic rings. The van der Waals surface area contributed by atoms with Crippen LogP contribution >= 0.6 is 0 Å². The van der Waals surface area contributed by atoms with Crippen molar-refractivity contribution < 1.29 is 13.2 Å². The second kappa shape index (κ2) is 5.25. The first-order valence-corrected chi connectivity index (χ1v) is 6.52. The molecule has 0 atom stereocenters. The molecule has 0 aromatic heterocycles. The summed E-state index contributed by atoms with van der Waals surface area (Å²) in [7, 11) is -2.01. The van der Waals surface area contributed by atoms with Crippen molar-refractivity contribution in [2.24, 2.45) is 0 Å². The number of likely N-dealkylation sites (N-methyl/N-ethyl adjacent to an activating group) is 1. The average molecular weight is 253 g/mol. The maximum Gasteiger partial charge on any atom is 0.243 e. The molecule has 0 aliphatic carbocycles. The lowest BCUT2D eigenvalue weighted by molar-refractivity contribution is 0.101. The lowest BCUT2D eigenvalue weighted by atomic mass is 10.2. The zero-order chi connectivity index (χ0) is 13.1. The van der Waals surface area contributed by atoms with Crippen LogP contribution in [0.5, 0.6) is 0 Å². The molecule has 0 bridgehead atoms. The van der Waals surface area contributed by atoms with Crippen LogP contribution in [0.4, 0.5) is 0 Å². The maximum atomic E-state index is 12.0. The topological polar surface area (TPSA) is 54.5 Å². The first-order valence-electron chi connectivity index (χ1n) is 5.08. The second-order valence-corrected chi connectivity index (χ2v) is 5.70.